The fraction of sp³-hybridized carbons (Fsp3) is 0.133. The number of carboxylic acid groups (broad SMARTS) is 1. The quantitative estimate of drug-likeness (QED) is 0.726. The summed E-state index contributed by atoms with van der Waals surface area (Å²) >= 11 is 1.53. The van der Waals surface area contributed by atoms with Crippen LogP contribution < -0.4 is 5.32 Å². The van der Waals surface area contributed by atoms with Gasteiger partial charge < -0.3 is 14.9 Å². The summed E-state index contributed by atoms with van der Waals surface area (Å²) in [5.41, 5.74) is 3.45. The predicted molar refractivity (Wildman–Crippen MR) is 83.2 cm³/mol. The third kappa shape index (κ3) is 2.99. The van der Waals surface area contributed by atoms with Gasteiger partial charge in [0, 0.05) is 23.9 Å². The largest absolute Gasteiger partial charge is 0.477 e. The number of nitrogens with one attached hydrogen (secondary N) is 1. The summed E-state index contributed by atoms with van der Waals surface area (Å²) in [6.45, 7) is 0.533. The van der Waals surface area contributed by atoms with Crippen molar-refractivity contribution in [1.82, 2.24) is 10.1 Å². The van der Waals surface area contributed by atoms with E-state index in [0.717, 1.165) is 5.69 Å². The molecule has 1 aromatic carbocycles. The third-order valence-electron chi connectivity index (χ3n) is 3.10. The number of nitrogens with zero attached hydrogens (tertiary/aromatic N) is 2. The normalized spacial score (nSPS) is 10.5. The molecule has 0 fully saturated rings. The second-order valence-electron chi connectivity index (χ2n) is 4.56. The minimum absolute atomic E-state index is 0.0458. The molecule has 112 valence electrons. The van der Waals surface area contributed by atoms with Crippen molar-refractivity contribution in [2.24, 2.45) is 0 Å². The molecule has 0 aliphatic heterocycles. The van der Waals surface area contributed by atoms with Crippen molar-refractivity contribution in [2.75, 3.05) is 11.9 Å². The highest BCUT2D eigenvalue weighted by Crippen LogP contribution is 2.29. The number of rotatable bonds is 6. The average molecular weight is 315 g/mol. The summed E-state index contributed by atoms with van der Waals surface area (Å²) in [6.07, 6.45) is 0.691. The first-order valence-electron chi connectivity index (χ1n) is 6.65. The highest BCUT2D eigenvalue weighted by Gasteiger charge is 2.23. The molecule has 0 atom stereocenters. The first-order valence-corrected chi connectivity index (χ1v) is 7.59. The maximum Gasteiger partial charge on any atom is 0.343 e. The maximum absolute atomic E-state index is 11.5. The van der Waals surface area contributed by atoms with Gasteiger partial charge in [0.25, 0.3) is 0 Å². The Morgan fingerprint density at radius 3 is 2.82 bits per heavy atom. The smallest absolute Gasteiger partial charge is 0.343 e. The van der Waals surface area contributed by atoms with Gasteiger partial charge in [0.05, 0.1) is 11.2 Å². The van der Waals surface area contributed by atoms with Crippen LogP contribution in [0.5, 0.6) is 0 Å². The number of benzene rings is 1. The molecule has 7 heteroatoms. The summed E-state index contributed by atoms with van der Waals surface area (Å²) in [5, 5.41) is 18.2. The Bertz CT molecular complexity index is 754. The first kappa shape index (κ1) is 14.3. The van der Waals surface area contributed by atoms with E-state index in [4.69, 9.17) is 4.52 Å². The number of hydrogen-bond donors (Lipinski definition) is 2. The van der Waals surface area contributed by atoms with E-state index >= 15 is 0 Å². The molecule has 3 aromatic rings. The lowest BCUT2D eigenvalue weighted by Crippen LogP contribution is -2.09. The summed E-state index contributed by atoms with van der Waals surface area (Å²) < 4.78 is 5.22. The number of thiazole rings is 1. The molecular formula is C15H13N3O3S. The van der Waals surface area contributed by atoms with Gasteiger partial charge in [-0.2, -0.15) is 0 Å². The highest BCUT2D eigenvalue weighted by atomic mass is 32.1. The van der Waals surface area contributed by atoms with Gasteiger partial charge >= 0.3 is 5.97 Å². The van der Waals surface area contributed by atoms with Crippen LogP contribution in [0.2, 0.25) is 0 Å². The summed E-state index contributed by atoms with van der Waals surface area (Å²) in [5.74, 6) is -0.581. The minimum Gasteiger partial charge on any atom is -0.477 e. The van der Waals surface area contributed by atoms with Gasteiger partial charge in [-0.3, -0.25) is 0 Å². The summed E-state index contributed by atoms with van der Waals surface area (Å²) in [4.78, 5) is 15.7. The summed E-state index contributed by atoms with van der Waals surface area (Å²) in [6, 6.07) is 9.06. The van der Waals surface area contributed by atoms with Crippen molar-refractivity contribution in [3.63, 3.8) is 0 Å². The van der Waals surface area contributed by atoms with Crippen LogP contribution in [0.25, 0.3) is 11.3 Å². The highest BCUT2D eigenvalue weighted by molar-refractivity contribution is 7.07. The molecule has 2 aromatic heterocycles. The Kier molecular flexibility index (Phi) is 4.15. The van der Waals surface area contributed by atoms with Crippen LogP contribution in [-0.2, 0) is 6.42 Å². The van der Waals surface area contributed by atoms with Crippen LogP contribution in [-0.4, -0.2) is 27.8 Å². The van der Waals surface area contributed by atoms with E-state index in [2.05, 4.69) is 15.5 Å². The van der Waals surface area contributed by atoms with Gasteiger partial charge in [0.15, 0.2) is 17.1 Å². The Morgan fingerprint density at radius 1 is 1.32 bits per heavy atom. The number of hydrogen-bond acceptors (Lipinski definition) is 6. The molecular weight excluding hydrogens is 302 g/mol. The fourth-order valence-electron chi connectivity index (χ4n) is 2.07. The molecule has 0 saturated carbocycles. The molecule has 0 unspecified atom stereocenters. The van der Waals surface area contributed by atoms with Gasteiger partial charge in [0.2, 0.25) is 0 Å². The van der Waals surface area contributed by atoms with E-state index < -0.39 is 5.97 Å². The zero-order valence-corrected chi connectivity index (χ0v) is 12.3. The average Bonchev–Trinajstić information content (AvgIpc) is 3.17. The second-order valence-corrected chi connectivity index (χ2v) is 5.28. The van der Waals surface area contributed by atoms with Crippen molar-refractivity contribution in [3.8, 4) is 11.3 Å². The minimum atomic E-state index is -1.07. The Labute approximate surface area is 130 Å². The predicted octanol–water partition coefficient (Wildman–Crippen LogP) is 3.15. The number of carboxylic acids is 1. The van der Waals surface area contributed by atoms with Crippen LogP contribution in [0.3, 0.4) is 0 Å². The van der Waals surface area contributed by atoms with Crippen LogP contribution in [0.15, 0.2) is 45.7 Å². The van der Waals surface area contributed by atoms with Crippen molar-refractivity contribution >= 4 is 23.1 Å². The standard InChI is InChI=1S/C15H13N3O3S/c19-15(20)12-13(10-4-2-1-3-5-10)21-18-14(12)16-7-6-11-8-22-9-17-11/h1-5,8-9H,6-7H2,(H,16,18)(H,19,20). The van der Waals surface area contributed by atoms with Gasteiger partial charge in [-0.15, -0.1) is 11.3 Å². The molecule has 0 spiro atoms. The zero-order valence-electron chi connectivity index (χ0n) is 11.5. The molecule has 0 aliphatic rings. The second kappa shape index (κ2) is 6.40. The van der Waals surface area contributed by atoms with E-state index in [-0.39, 0.29) is 17.1 Å². The zero-order chi connectivity index (χ0) is 15.4. The molecule has 3 rings (SSSR count). The third-order valence-corrected chi connectivity index (χ3v) is 3.73. The Hall–Kier alpha value is -2.67. The van der Waals surface area contributed by atoms with Crippen molar-refractivity contribution in [2.45, 2.75) is 6.42 Å². The number of carbonyl (C=O) groups is 1. The van der Waals surface area contributed by atoms with E-state index in [0.29, 0.717) is 18.5 Å². The van der Waals surface area contributed by atoms with Gasteiger partial charge in [0.1, 0.15) is 0 Å². The van der Waals surface area contributed by atoms with Crippen molar-refractivity contribution < 1.29 is 14.4 Å². The van der Waals surface area contributed by atoms with Gasteiger partial charge in [-0.1, -0.05) is 35.5 Å². The monoisotopic (exact) mass is 315 g/mol. The molecule has 6 nitrogen and oxygen atoms in total. The van der Waals surface area contributed by atoms with Crippen LogP contribution in [0.4, 0.5) is 5.82 Å². The summed E-state index contributed by atoms with van der Waals surface area (Å²) in [7, 11) is 0. The number of aromatic nitrogens is 2. The molecule has 22 heavy (non-hydrogen) atoms. The van der Waals surface area contributed by atoms with E-state index in [1.165, 1.54) is 11.3 Å². The SMILES string of the molecule is O=C(O)c1c(NCCc2cscn2)noc1-c1ccccc1. The van der Waals surface area contributed by atoms with Crippen molar-refractivity contribution in [1.29, 1.82) is 0 Å². The Balaban J connectivity index is 1.80. The Morgan fingerprint density at radius 2 is 2.14 bits per heavy atom. The molecule has 0 saturated heterocycles. The van der Waals surface area contributed by atoms with E-state index in [1.807, 2.05) is 23.6 Å². The van der Waals surface area contributed by atoms with Crippen molar-refractivity contribution in [3.05, 3.63) is 52.5 Å². The number of anilines is 1. The molecule has 0 radical (unpaired) electrons. The maximum atomic E-state index is 11.5. The first-order chi connectivity index (χ1) is 10.8. The van der Waals surface area contributed by atoms with E-state index in [1.54, 1.807) is 17.6 Å². The van der Waals surface area contributed by atoms with Gasteiger partial charge in [-0.05, 0) is 0 Å². The lowest BCUT2D eigenvalue weighted by atomic mass is 10.1. The molecule has 2 N–H and O–H groups in total. The molecule has 0 amide bonds. The molecule has 2 heterocycles. The topological polar surface area (TPSA) is 88.2 Å². The van der Waals surface area contributed by atoms with Gasteiger partial charge in [-0.25, -0.2) is 9.78 Å². The number of aromatic carboxylic acids is 1. The fourth-order valence-corrected chi connectivity index (χ4v) is 2.66. The van der Waals surface area contributed by atoms with E-state index in [9.17, 15) is 9.90 Å². The molecule has 0 bridgehead atoms. The van der Waals surface area contributed by atoms with Crippen LogP contribution in [0.1, 0.15) is 16.1 Å². The lowest BCUT2D eigenvalue weighted by molar-refractivity contribution is 0.0698. The van der Waals surface area contributed by atoms with Crippen LogP contribution >= 0.6 is 11.3 Å². The molecule has 0 aliphatic carbocycles. The van der Waals surface area contributed by atoms with Crippen LogP contribution in [0, 0.1) is 0 Å². The lowest BCUT2D eigenvalue weighted by Gasteiger charge is -2.02.